The number of rotatable bonds is 2. The van der Waals surface area contributed by atoms with Gasteiger partial charge >= 0.3 is 0 Å². The van der Waals surface area contributed by atoms with Crippen LogP contribution in [-0.2, 0) is 0 Å². The van der Waals surface area contributed by atoms with E-state index in [-0.39, 0.29) is 6.61 Å². The largest absolute Gasteiger partial charge is 0.395 e. The molecule has 0 saturated carbocycles. The predicted octanol–water partition coefficient (Wildman–Crippen LogP) is 3.09. The zero-order chi connectivity index (χ0) is 11.9. The first-order valence-corrected chi connectivity index (χ1v) is 5.65. The van der Waals surface area contributed by atoms with E-state index in [1.54, 1.807) is 0 Å². The lowest BCUT2D eigenvalue weighted by molar-refractivity contribution is 0.305. The second kappa shape index (κ2) is 5.89. The highest BCUT2D eigenvalue weighted by molar-refractivity contribution is 5.64. The third-order valence-corrected chi connectivity index (χ3v) is 2.46. The highest BCUT2D eigenvalue weighted by atomic mass is 16.2. The molecule has 0 radical (unpaired) electrons. The van der Waals surface area contributed by atoms with Gasteiger partial charge in [0.05, 0.1) is 6.61 Å². The number of aliphatic hydroxyl groups is 1. The summed E-state index contributed by atoms with van der Waals surface area (Å²) < 4.78 is 0. The molecule has 1 N–H and O–H groups in total. The summed E-state index contributed by atoms with van der Waals surface area (Å²) in [6, 6.07) is 18.4. The SMILES string of the molecule is OCCC#Cc1ccc(-c2ccccc2)cc1. The Morgan fingerprint density at radius 2 is 1.47 bits per heavy atom. The molecule has 84 valence electrons. The zero-order valence-corrected chi connectivity index (χ0v) is 9.56. The van der Waals surface area contributed by atoms with Crippen LogP contribution in [0.5, 0.6) is 0 Å². The summed E-state index contributed by atoms with van der Waals surface area (Å²) >= 11 is 0. The third kappa shape index (κ3) is 3.21. The Morgan fingerprint density at radius 1 is 0.824 bits per heavy atom. The number of hydrogen-bond acceptors (Lipinski definition) is 1. The molecule has 2 rings (SSSR count). The van der Waals surface area contributed by atoms with Crippen molar-refractivity contribution in [3.8, 4) is 23.0 Å². The van der Waals surface area contributed by atoms with E-state index in [2.05, 4.69) is 36.1 Å². The van der Waals surface area contributed by atoms with E-state index in [9.17, 15) is 0 Å². The number of benzene rings is 2. The highest BCUT2D eigenvalue weighted by Crippen LogP contribution is 2.18. The molecule has 2 aromatic rings. The average molecular weight is 222 g/mol. The molecule has 0 aliphatic rings. The molecule has 0 aromatic heterocycles. The molecule has 0 heterocycles. The van der Waals surface area contributed by atoms with Crippen LogP contribution in [0.1, 0.15) is 12.0 Å². The van der Waals surface area contributed by atoms with Crippen molar-refractivity contribution < 1.29 is 5.11 Å². The average Bonchev–Trinajstić information content (AvgIpc) is 2.41. The van der Waals surface area contributed by atoms with E-state index in [1.165, 1.54) is 11.1 Å². The Kier molecular flexibility index (Phi) is 3.96. The van der Waals surface area contributed by atoms with Crippen molar-refractivity contribution in [1.82, 2.24) is 0 Å². The van der Waals surface area contributed by atoms with Crippen LogP contribution in [0.15, 0.2) is 54.6 Å². The van der Waals surface area contributed by atoms with Crippen molar-refractivity contribution in [2.45, 2.75) is 6.42 Å². The van der Waals surface area contributed by atoms with Gasteiger partial charge in [0.2, 0.25) is 0 Å². The molecule has 0 unspecified atom stereocenters. The number of hydrogen-bond donors (Lipinski definition) is 1. The van der Waals surface area contributed by atoms with Crippen LogP contribution in [0.4, 0.5) is 0 Å². The highest BCUT2D eigenvalue weighted by Gasteiger charge is 1.95. The van der Waals surface area contributed by atoms with Crippen LogP contribution in [-0.4, -0.2) is 11.7 Å². The van der Waals surface area contributed by atoms with E-state index in [0.717, 1.165) is 5.56 Å². The van der Waals surface area contributed by atoms with Crippen molar-refractivity contribution in [2.24, 2.45) is 0 Å². The first-order valence-electron chi connectivity index (χ1n) is 5.65. The Hall–Kier alpha value is -2.04. The Balaban J connectivity index is 2.17. The summed E-state index contributed by atoms with van der Waals surface area (Å²) in [6.07, 6.45) is 0.528. The molecule has 0 aliphatic heterocycles. The molecule has 0 atom stereocenters. The van der Waals surface area contributed by atoms with Gasteiger partial charge in [0.15, 0.2) is 0 Å². The molecular weight excluding hydrogens is 208 g/mol. The fourth-order valence-corrected chi connectivity index (χ4v) is 1.60. The molecule has 1 nitrogen and oxygen atoms in total. The van der Waals surface area contributed by atoms with Gasteiger partial charge in [0.25, 0.3) is 0 Å². The zero-order valence-electron chi connectivity index (χ0n) is 9.56. The fourth-order valence-electron chi connectivity index (χ4n) is 1.60. The van der Waals surface area contributed by atoms with Gasteiger partial charge in [0, 0.05) is 12.0 Å². The Labute approximate surface area is 102 Å². The van der Waals surface area contributed by atoms with Crippen molar-refractivity contribution in [1.29, 1.82) is 0 Å². The molecule has 2 aromatic carbocycles. The quantitative estimate of drug-likeness (QED) is 0.774. The second-order valence-corrected chi connectivity index (χ2v) is 3.72. The van der Waals surface area contributed by atoms with E-state index < -0.39 is 0 Å². The van der Waals surface area contributed by atoms with Crippen LogP contribution in [0.2, 0.25) is 0 Å². The van der Waals surface area contributed by atoms with Gasteiger partial charge in [-0.1, -0.05) is 54.3 Å². The first kappa shape index (κ1) is 11.4. The Morgan fingerprint density at radius 3 is 2.12 bits per heavy atom. The van der Waals surface area contributed by atoms with Crippen LogP contribution >= 0.6 is 0 Å². The summed E-state index contributed by atoms with van der Waals surface area (Å²) in [5.41, 5.74) is 3.39. The van der Waals surface area contributed by atoms with E-state index in [0.29, 0.717) is 6.42 Å². The molecule has 0 amide bonds. The number of aliphatic hydroxyl groups excluding tert-OH is 1. The van der Waals surface area contributed by atoms with Crippen molar-refractivity contribution in [2.75, 3.05) is 6.61 Å². The summed E-state index contributed by atoms with van der Waals surface area (Å²) in [5.74, 6) is 5.92. The van der Waals surface area contributed by atoms with Gasteiger partial charge in [-0.25, -0.2) is 0 Å². The monoisotopic (exact) mass is 222 g/mol. The molecule has 0 bridgehead atoms. The predicted molar refractivity (Wildman–Crippen MR) is 70.5 cm³/mol. The topological polar surface area (TPSA) is 20.2 Å². The van der Waals surface area contributed by atoms with Crippen molar-refractivity contribution in [3.63, 3.8) is 0 Å². The summed E-state index contributed by atoms with van der Waals surface area (Å²) in [6.45, 7) is 0.120. The Bertz CT molecular complexity index is 515. The van der Waals surface area contributed by atoms with Crippen LogP contribution < -0.4 is 0 Å². The summed E-state index contributed by atoms with van der Waals surface area (Å²) in [4.78, 5) is 0. The van der Waals surface area contributed by atoms with Gasteiger partial charge < -0.3 is 5.11 Å². The standard InChI is InChI=1S/C16H14O/c17-13-5-4-6-14-9-11-16(12-10-14)15-7-2-1-3-8-15/h1-3,7-12,17H,5,13H2. The third-order valence-electron chi connectivity index (χ3n) is 2.46. The van der Waals surface area contributed by atoms with Crippen molar-refractivity contribution in [3.05, 3.63) is 60.2 Å². The minimum Gasteiger partial charge on any atom is -0.395 e. The maximum Gasteiger partial charge on any atom is 0.0540 e. The summed E-state index contributed by atoms with van der Waals surface area (Å²) in [5, 5.41) is 8.63. The maximum atomic E-state index is 8.63. The molecule has 0 spiro atoms. The van der Waals surface area contributed by atoms with E-state index in [4.69, 9.17) is 5.11 Å². The lowest BCUT2D eigenvalue weighted by atomic mass is 10.0. The molecular formula is C16H14O. The molecule has 17 heavy (non-hydrogen) atoms. The second-order valence-electron chi connectivity index (χ2n) is 3.72. The molecule has 0 aliphatic carbocycles. The first-order chi connectivity index (χ1) is 8.40. The van der Waals surface area contributed by atoms with Crippen LogP contribution in [0, 0.1) is 11.8 Å². The van der Waals surface area contributed by atoms with Gasteiger partial charge in [-0.2, -0.15) is 0 Å². The molecule has 0 fully saturated rings. The molecule has 0 saturated heterocycles. The van der Waals surface area contributed by atoms with Crippen LogP contribution in [0.3, 0.4) is 0 Å². The van der Waals surface area contributed by atoms with Crippen LogP contribution in [0.25, 0.3) is 11.1 Å². The fraction of sp³-hybridized carbons (Fsp3) is 0.125. The van der Waals surface area contributed by atoms with Gasteiger partial charge in [-0.15, -0.1) is 0 Å². The minimum atomic E-state index is 0.120. The normalized spacial score (nSPS) is 9.47. The van der Waals surface area contributed by atoms with E-state index in [1.807, 2.05) is 30.3 Å². The van der Waals surface area contributed by atoms with Gasteiger partial charge in [-0.3, -0.25) is 0 Å². The lowest BCUT2D eigenvalue weighted by Crippen LogP contribution is -1.80. The van der Waals surface area contributed by atoms with Gasteiger partial charge in [-0.05, 0) is 23.3 Å². The van der Waals surface area contributed by atoms with Crippen molar-refractivity contribution >= 4 is 0 Å². The smallest absolute Gasteiger partial charge is 0.0540 e. The summed E-state index contributed by atoms with van der Waals surface area (Å²) in [7, 11) is 0. The minimum absolute atomic E-state index is 0.120. The van der Waals surface area contributed by atoms with Gasteiger partial charge in [0.1, 0.15) is 0 Å². The lowest BCUT2D eigenvalue weighted by Gasteiger charge is -2.00. The van der Waals surface area contributed by atoms with E-state index >= 15 is 0 Å². The maximum absolute atomic E-state index is 8.63. The molecule has 1 heteroatoms.